The molecule has 1 aliphatic heterocycles. The van der Waals surface area contributed by atoms with E-state index >= 15 is 0 Å². The van der Waals surface area contributed by atoms with Crippen molar-refractivity contribution in [1.29, 1.82) is 0 Å². The molecule has 1 amide bonds. The molecule has 0 saturated carbocycles. The fourth-order valence-corrected chi connectivity index (χ4v) is 2.38. The molecule has 1 aromatic carbocycles. The fourth-order valence-electron chi connectivity index (χ4n) is 2.12. The van der Waals surface area contributed by atoms with Gasteiger partial charge >= 0.3 is 0 Å². The molecule has 1 N–H and O–H groups in total. The number of anilines is 1. The minimum atomic E-state index is -0.287. The second kappa shape index (κ2) is 6.29. The molecule has 3 nitrogen and oxygen atoms in total. The first-order valence-corrected chi connectivity index (χ1v) is 6.80. The summed E-state index contributed by atoms with van der Waals surface area (Å²) in [4.78, 5) is 13.8. The Hall–Kier alpha value is -0.940. The normalized spacial score (nSPS) is 20.0. The zero-order valence-electron chi connectivity index (χ0n) is 10.0. The van der Waals surface area contributed by atoms with Crippen LogP contribution in [0.15, 0.2) is 28.7 Å². The second-order valence-corrected chi connectivity index (χ2v) is 5.51. The molecule has 1 aromatic rings. The molecule has 5 heteroatoms. The number of halogens is 2. The summed E-state index contributed by atoms with van der Waals surface area (Å²) < 4.78 is 13.4. The van der Waals surface area contributed by atoms with E-state index in [0.29, 0.717) is 13.1 Å². The Labute approximate surface area is 114 Å². The monoisotopic (exact) mass is 314 g/mol. The number of carbonyl (C=O) groups is 1. The fraction of sp³-hybridized carbons (Fsp3) is 0.462. The number of hydrogen-bond donors (Lipinski definition) is 1. The first kappa shape index (κ1) is 13.5. The van der Waals surface area contributed by atoms with Gasteiger partial charge in [-0.3, -0.25) is 14.1 Å². The summed E-state index contributed by atoms with van der Waals surface area (Å²) >= 11 is 3.34. The zero-order chi connectivity index (χ0) is 13.0. The van der Waals surface area contributed by atoms with Gasteiger partial charge in [-0.05, 0) is 37.2 Å². The lowest BCUT2D eigenvalue weighted by molar-refractivity contribution is -0.117. The smallest absolute Gasteiger partial charge is 0.238 e. The van der Waals surface area contributed by atoms with E-state index in [9.17, 15) is 9.18 Å². The molecule has 1 fully saturated rings. The first-order valence-electron chi connectivity index (χ1n) is 6.01. The molecule has 1 heterocycles. The van der Waals surface area contributed by atoms with Gasteiger partial charge in [0.05, 0.1) is 13.2 Å². The summed E-state index contributed by atoms with van der Waals surface area (Å²) in [6.07, 6.45) is 0.849. The number of benzene rings is 1. The van der Waals surface area contributed by atoms with Crippen LogP contribution in [0.25, 0.3) is 0 Å². The summed E-state index contributed by atoms with van der Waals surface area (Å²) in [6.45, 7) is 1.55. The van der Waals surface area contributed by atoms with Gasteiger partial charge in [0.2, 0.25) is 5.91 Å². The van der Waals surface area contributed by atoms with E-state index in [1.165, 1.54) is 0 Å². The van der Waals surface area contributed by atoms with E-state index in [-0.39, 0.29) is 18.5 Å². The van der Waals surface area contributed by atoms with Crippen molar-refractivity contribution in [1.82, 2.24) is 4.90 Å². The van der Waals surface area contributed by atoms with Crippen LogP contribution in [-0.4, -0.2) is 37.1 Å². The van der Waals surface area contributed by atoms with Gasteiger partial charge in [-0.1, -0.05) is 15.9 Å². The Kier molecular flexibility index (Phi) is 4.72. The number of alkyl halides is 1. The number of nitrogens with zero attached hydrogens (tertiary/aromatic N) is 1. The molecule has 1 aliphatic rings. The van der Waals surface area contributed by atoms with Crippen molar-refractivity contribution in [3.8, 4) is 0 Å². The van der Waals surface area contributed by atoms with Crippen LogP contribution in [0.4, 0.5) is 10.1 Å². The highest BCUT2D eigenvalue weighted by molar-refractivity contribution is 9.10. The minimum Gasteiger partial charge on any atom is -0.325 e. The van der Waals surface area contributed by atoms with E-state index in [4.69, 9.17) is 0 Å². The number of hydrogen-bond acceptors (Lipinski definition) is 2. The van der Waals surface area contributed by atoms with Crippen molar-refractivity contribution in [3.05, 3.63) is 28.7 Å². The molecule has 1 atom stereocenters. The van der Waals surface area contributed by atoms with E-state index < -0.39 is 0 Å². The van der Waals surface area contributed by atoms with Crippen molar-refractivity contribution in [2.45, 2.75) is 6.42 Å². The van der Waals surface area contributed by atoms with Crippen molar-refractivity contribution in [2.24, 2.45) is 5.92 Å². The maximum atomic E-state index is 12.5. The average Bonchev–Trinajstić information content (AvgIpc) is 2.79. The van der Waals surface area contributed by atoms with E-state index in [1.807, 2.05) is 29.2 Å². The highest BCUT2D eigenvalue weighted by Crippen LogP contribution is 2.17. The molecule has 98 valence electrons. The molecule has 0 spiro atoms. The SMILES string of the molecule is O=C(CN1CCC(CF)C1)Nc1ccc(Br)cc1. The maximum Gasteiger partial charge on any atom is 0.238 e. The van der Waals surface area contributed by atoms with Crippen LogP contribution in [0.5, 0.6) is 0 Å². The summed E-state index contributed by atoms with van der Waals surface area (Å²) in [6, 6.07) is 7.45. The highest BCUT2D eigenvalue weighted by Gasteiger charge is 2.23. The van der Waals surface area contributed by atoms with Gasteiger partial charge in [0, 0.05) is 22.6 Å². The van der Waals surface area contributed by atoms with Crippen LogP contribution in [0.2, 0.25) is 0 Å². The Bertz CT molecular complexity index is 410. The van der Waals surface area contributed by atoms with E-state index in [0.717, 1.165) is 23.1 Å². The third-order valence-corrected chi connectivity index (χ3v) is 3.61. The lowest BCUT2D eigenvalue weighted by Gasteiger charge is -2.14. The van der Waals surface area contributed by atoms with Gasteiger partial charge in [-0.25, -0.2) is 0 Å². The van der Waals surface area contributed by atoms with Crippen molar-refractivity contribution >= 4 is 27.5 Å². The zero-order valence-corrected chi connectivity index (χ0v) is 11.6. The second-order valence-electron chi connectivity index (χ2n) is 4.60. The van der Waals surface area contributed by atoms with Crippen LogP contribution in [-0.2, 0) is 4.79 Å². The Morgan fingerprint density at radius 3 is 2.78 bits per heavy atom. The molecular weight excluding hydrogens is 299 g/mol. The molecule has 0 aliphatic carbocycles. The van der Waals surface area contributed by atoms with Crippen molar-refractivity contribution in [2.75, 3.05) is 31.6 Å². The lowest BCUT2D eigenvalue weighted by atomic mass is 10.1. The lowest BCUT2D eigenvalue weighted by Crippen LogP contribution is -2.31. The highest BCUT2D eigenvalue weighted by atomic mass is 79.9. The number of likely N-dealkylation sites (tertiary alicyclic amines) is 1. The van der Waals surface area contributed by atoms with Crippen LogP contribution < -0.4 is 5.32 Å². The van der Waals surface area contributed by atoms with Crippen LogP contribution in [0.3, 0.4) is 0 Å². The first-order chi connectivity index (χ1) is 8.67. The van der Waals surface area contributed by atoms with Gasteiger partial charge in [-0.2, -0.15) is 0 Å². The van der Waals surface area contributed by atoms with Gasteiger partial charge in [-0.15, -0.1) is 0 Å². The van der Waals surface area contributed by atoms with E-state index in [2.05, 4.69) is 21.2 Å². The van der Waals surface area contributed by atoms with E-state index in [1.54, 1.807) is 0 Å². The van der Waals surface area contributed by atoms with Crippen LogP contribution in [0.1, 0.15) is 6.42 Å². The average molecular weight is 315 g/mol. The molecule has 0 bridgehead atoms. The molecular formula is C13H16BrFN2O. The summed E-state index contributed by atoms with van der Waals surface area (Å²) in [5.41, 5.74) is 0.782. The summed E-state index contributed by atoms with van der Waals surface area (Å²) in [5, 5.41) is 2.83. The number of amides is 1. The van der Waals surface area contributed by atoms with Crippen LogP contribution in [0, 0.1) is 5.92 Å². The minimum absolute atomic E-state index is 0.0446. The van der Waals surface area contributed by atoms with Gasteiger partial charge in [0.15, 0.2) is 0 Å². The number of nitrogens with one attached hydrogen (secondary N) is 1. The summed E-state index contributed by atoms with van der Waals surface area (Å²) in [5.74, 6) is 0.0577. The Morgan fingerprint density at radius 1 is 1.44 bits per heavy atom. The Morgan fingerprint density at radius 2 is 2.17 bits per heavy atom. The summed E-state index contributed by atoms with van der Waals surface area (Å²) in [7, 11) is 0. The maximum absolute atomic E-state index is 12.5. The standard InChI is InChI=1S/C13H16BrFN2O/c14-11-1-3-12(4-2-11)16-13(18)9-17-6-5-10(7-15)8-17/h1-4,10H,5-9H2,(H,16,18). The molecule has 1 saturated heterocycles. The molecule has 2 rings (SSSR count). The predicted molar refractivity (Wildman–Crippen MR) is 73.3 cm³/mol. The van der Waals surface area contributed by atoms with Gasteiger partial charge < -0.3 is 5.32 Å². The molecule has 18 heavy (non-hydrogen) atoms. The quantitative estimate of drug-likeness (QED) is 0.926. The third kappa shape index (κ3) is 3.78. The molecule has 0 radical (unpaired) electrons. The van der Waals surface area contributed by atoms with Crippen molar-refractivity contribution < 1.29 is 9.18 Å². The van der Waals surface area contributed by atoms with Crippen LogP contribution >= 0.6 is 15.9 Å². The van der Waals surface area contributed by atoms with Gasteiger partial charge in [0.1, 0.15) is 0 Å². The van der Waals surface area contributed by atoms with Gasteiger partial charge in [0.25, 0.3) is 0 Å². The topological polar surface area (TPSA) is 32.3 Å². The predicted octanol–water partition coefficient (Wildman–Crippen LogP) is 2.68. The van der Waals surface area contributed by atoms with Crippen molar-refractivity contribution in [3.63, 3.8) is 0 Å². The molecule has 1 unspecified atom stereocenters. The largest absolute Gasteiger partial charge is 0.325 e. The number of carbonyl (C=O) groups excluding carboxylic acids is 1. The molecule has 0 aromatic heterocycles. The third-order valence-electron chi connectivity index (χ3n) is 3.08. The Balaban J connectivity index is 1.80. The number of rotatable bonds is 4.